The molecular formula is C16H20N4. The highest BCUT2D eigenvalue weighted by Gasteiger charge is 2.14. The van der Waals surface area contributed by atoms with Crippen molar-refractivity contribution in [2.75, 3.05) is 23.7 Å². The number of benzene rings is 1. The summed E-state index contributed by atoms with van der Waals surface area (Å²) in [5, 5.41) is 0. The van der Waals surface area contributed by atoms with E-state index < -0.39 is 0 Å². The monoisotopic (exact) mass is 268 g/mol. The van der Waals surface area contributed by atoms with Crippen LogP contribution in [-0.4, -0.2) is 23.1 Å². The molecular weight excluding hydrogens is 248 g/mol. The van der Waals surface area contributed by atoms with Gasteiger partial charge >= 0.3 is 0 Å². The molecule has 1 fully saturated rings. The molecule has 1 aliphatic rings. The Morgan fingerprint density at radius 3 is 2.30 bits per heavy atom. The van der Waals surface area contributed by atoms with Gasteiger partial charge in [0.1, 0.15) is 5.82 Å². The molecule has 0 aliphatic carbocycles. The van der Waals surface area contributed by atoms with E-state index in [4.69, 9.17) is 5.73 Å². The summed E-state index contributed by atoms with van der Waals surface area (Å²) >= 11 is 0. The highest BCUT2D eigenvalue weighted by atomic mass is 15.3. The summed E-state index contributed by atoms with van der Waals surface area (Å²) in [6, 6.07) is 10.0. The zero-order valence-electron chi connectivity index (χ0n) is 11.6. The van der Waals surface area contributed by atoms with E-state index in [1.807, 2.05) is 36.5 Å². The summed E-state index contributed by atoms with van der Waals surface area (Å²) in [6.07, 6.45) is 6.87. The molecule has 20 heavy (non-hydrogen) atoms. The van der Waals surface area contributed by atoms with Crippen molar-refractivity contribution in [3.05, 3.63) is 36.5 Å². The van der Waals surface area contributed by atoms with Crippen LogP contribution < -0.4 is 10.6 Å². The van der Waals surface area contributed by atoms with Crippen LogP contribution in [0.5, 0.6) is 0 Å². The van der Waals surface area contributed by atoms with Gasteiger partial charge in [-0.2, -0.15) is 4.98 Å². The van der Waals surface area contributed by atoms with Gasteiger partial charge in [-0.3, -0.25) is 0 Å². The second kappa shape index (κ2) is 5.90. The van der Waals surface area contributed by atoms with Gasteiger partial charge in [0, 0.05) is 24.8 Å². The van der Waals surface area contributed by atoms with Gasteiger partial charge in [0.2, 0.25) is 5.95 Å². The Morgan fingerprint density at radius 1 is 0.950 bits per heavy atom. The topological polar surface area (TPSA) is 55.0 Å². The zero-order valence-corrected chi connectivity index (χ0v) is 11.6. The number of nitrogens with two attached hydrogens (primary N) is 1. The highest BCUT2D eigenvalue weighted by Crippen LogP contribution is 2.25. The molecule has 2 aromatic rings. The van der Waals surface area contributed by atoms with Crippen LogP contribution >= 0.6 is 0 Å². The van der Waals surface area contributed by atoms with Gasteiger partial charge in [0.25, 0.3) is 0 Å². The van der Waals surface area contributed by atoms with Gasteiger partial charge < -0.3 is 10.6 Å². The van der Waals surface area contributed by atoms with E-state index in [2.05, 4.69) is 14.9 Å². The number of aromatic nitrogens is 2. The SMILES string of the molecule is Nc1nc(N2CCCCCC2)ncc1-c1ccccc1. The zero-order chi connectivity index (χ0) is 13.8. The predicted octanol–water partition coefficient (Wildman–Crippen LogP) is 3.11. The molecule has 0 unspecified atom stereocenters. The van der Waals surface area contributed by atoms with E-state index >= 15 is 0 Å². The molecule has 2 N–H and O–H groups in total. The minimum absolute atomic E-state index is 0.561. The van der Waals surface area contributed by atoms with Crippen molar-refractivity contribution in [3.63, 3.8) is 0 Å². The third kappa shape index (κ3) is 2.74. The first-order valence-electron chi connectivity index (χ1n) is 7.27. The average molecular weight is 268 g/mol. The van der Waals surface area contributed by atoms with Gasteiger partial charge in [-0.15, -0.1) is 0 Å². The Kier molecular flexibility index (Phi) is 3.81. The molecule has 1 aromatic heterocycles. The molecule has 1 saturated heterocycles. The molecule has 1 aromatic carbocycles. The Balaban J connectivity index is 1.87. The molecule has 0 saturated carbocycles. The minimum atomic E-state index is 0.561. The Hall–Kier alpha value is -2.10. The molecule has 4 heteroatoms. The predicted molar refractivity (Wildman–Crippen MR) is 82.6 cm³/mol. The van der Waals surface area contributed by atoms with E-state index in [0.717, 1.165) is 30.2 Å². The molecule has 0 amide bonds. The number of hydrogen-bond acceptors (Lipinski definition) is 4. The normalized spacial score (nSPS) is 15.9. The Morgan fingerprint density at radius 2 is 1.65 bits per heavy atom. The van der Waals surface area contributed by atoms with E-state index in [1.165, 1.54) is 25.7 Å². The third-order valence-electron chi connectivity index (χ3n) is 3.78. The van der Waals surface area contributed by atoms with Gasteiger partial charge in [-0.05, 0) is 18.4 Å². The first-order valence-corrected chi connectivity index (χ1v) is 7.27. The van der Waals surface area contributed by atoms with Crippen LogP contribution in [0.15, 0.2) is 36.5 Å². The van der Waals surface area contributed by atoms with Gasteiger partial charge in [0.05, 0.1) is 0 Å². The Labute approximate surface area is 119 Å². The quantitative estimate of drug-likeness (QED) is 0.909. The molecule has 0 radical (unpaired) electrons. The van der Waals surface area contributed by atoms with Gasteiger partial charge in [-0.1, -0.05) is 43.2 Å². The summed E-state index contributed by atoms with van der Waals surface area (Å²) in [4.78, 5) is 11.3. The van der Waals surface area contributed by atoms with E-state index in [0.29, 0.717) is 5.82 Å². The fourth-order valence-corrected chi connectivity index (χ4v) is 2.65. The van der Waals surface area contributed by atoms with Crippen molar-refractivity contribution >= 4 is 11.8 Å². The van der Waals surface area contributed by atoms with Crippen molar-refractivity contribution in [1.29, 1.82) is 0 Å². The average Bonchev–Trinajstić information content (AvgIpc) is 2.77. The summed E-state index contributed by atoms with van der Waals surface area (Å²) in [6.45, 7) is 2.06. The second-order valence-corrected chi connectivity index (χ2v) is 5.24. The molecule has 4 nitrogen and oxygen atoms in total. The molecule has 0 spiro atoms. The molecule has 2 heterocycles. The van der Waals surface area contributed by atoms with E-state index in [9.17, 15) is 0 Å². The lowest BCUT2D eigenvalue weighted by molar-refractivity contribution is 0.726. The summed E-state index contributed by atoms with van der Waals surface area (Å²) in [7, 11) is 0. The largest absolute Gasteiger partial charge is 0.383 e. The lowest BCUT2D eigenvalue weighted by atomic mass is 10.1. The maximum atomic E-state index is 6.12. The van der Waals surface area contributed by atoms with Gasteiger partial charge in [-0.25, -0.2) is 4.98 Å². The first-order chi connectivity index (χ1) is 9.84. The number of nitrogen functional groups attached to an aromatic ring is 1. The van der Waals surface area contributed by atoms with Crippen molar-refractivity contribution in [2.45, 2.75) is 25.7 Å². The van der Waals surface area contributed by atoms with Crippen LogP contribution in [0.2, 0.25) is 0 Å². The maximum absolute atomic E-state index is 6.12. The van der Waals surface area contributed by atoms with E-state index in [-0.39, 0.29) is 0 Å². The standard InChI is InChI=1S/C16H20N4/c17-15-14(13-8-4-3-5-9-13)12-18-16(19-15)20-10-6-1-2-7-11-20/h3-5,8-9,12H,1-2,6-7,10-11H2,(H2,17,18,19). The summed E-state index contributed by atoms with van der Waals surface area (Å²) < 4.78 is 0. The lowest BCUT2D eigenvalue weighted by Gasteiger charge is -2.20. The molecule has 104 valence electrons. The van der Waals surface area contributed by atoms with Crippen molar-refractivity contribution in [1.82, 2.24) is 9.97 Å². The van der Waals surface area contributed by atoms with Crippen molar-refractivity contribution < 1.29 is 0 Å². The van der Waals surface area contributed by atoms with Crippen LogP contribution in [0.4, 0.5) is 11.8 Å². The second-order valence-electron chi connectivity index (χ2n) is 5.24. The highest BCUT2D eigenvalue weighted by molar-refractivity contribution is 5.73. The summed E-state index contributed by atoms with van der Waals surface area (Å²) in [5.41, 5.74) is 8.09. The smallest absolute Gasteiger partial charge is 0.227 e. The fraction of sp³-hybridized carbons (Fsp3) is 0.375. The van der Waals surface area contributed by atoms with Crippen LogP contribution in [0.25, 0.3) is 11.1 Å². The van der Waals surface area contributed by atoms with Crippen molar-refractivity contribution in [3.8, 4) is 11.1 Å². The molecule has 1 aliphatic heterocycles. The number of rotatable bonds is 2. The van der Waals surface area contributed by atoms with Crippen LogP contribution in [0.3, 0.4) is 0 Å². The molecule has 3 rings (SSSR count). The van der Waals surface area contributed by atoms with E-state index in [1.54, 1.807) is 0 Å². The molecule has 0 bridgehead atoms. The third-order valence-corrected chi connectivity index (χ3v) is 3.78. The number of hydrogen-bond donors (Lipinski definition) is 1. The number of nitrogens with zero attached hydrogens (tertiary/aromatic N) is 3. The number of anilines is 2. The van der Waals surface area contributed by atoms with Gasteiger partial charge in [0.15, 0.2) is 0 Å². The maximum Gasteiger partial charge on any atom is 0.227 e. The van der Waals surface area contributed by atoms with Crippen LogP contribution in [0.1, 0.15) is 25.7 Å². The first kappa shape index (κ1) is 12.9. The lowest BCUT2D eigenvalue weighted by Crippen LogP contribution is -2.26. The minimum Gasteiger partial charge on any atom is -0.383 e. The van der Waals surface area contributed by atoms with Crippen molar-refractivity contribution in [2.24, 2.45) is 0 Å². The van der Waals surface area contributed by atoms with Crippen LogP contribution in [0, 0.1) is 0 Å². The molecule has 0 atom stereocenters. The Bertz CT molecular complexity index is 560. The van der Waals surface area contributed by atoms with Crippen LogP contribution in [-0.2, 0) is 0 Å². The summed E-state index contributed by atoms with van der Waals surface area (Å²) in [5.74, 6) is 1.33. The fourth-order valence-electron chi connectivity index (χ4n) is 2.65.